The van der Waals surface area contributed by atoms with Gasteiger partial charge in [0.25, 0.3) is 0 Å². The summed E-state index contributed by atoms with van der Waals surface area (Å²) >= 11 is 7.29. The van der Waals surface area contributed by atoms with Gasteiger partial charge in [0.2, 0.25) is 5.91 Å². The summed E-state index contributed by atoms with van der Waals surface area (Å²) in [4.78, 5) is 50.7. The van der Waals surface area contributed by atoms with E-state index in [0.29, 0.717) is 49.5 Å². The Kier molecular flexibility index (Phi) is 9.16. The van der Waals surface area contributed by atoms with Crippen molar-refractivity contribution in [2.45, 2.75) is 39.3 Å². The first kappa shape index (κ1) is 27.3. The number of carboxylic acids is 2. The van der Waals surface area contributed by atoms with Crippen molar-refractivity contribution in [1.29, 1.82) is 0 Å². The highest BCUT2D eigenvalue weighted by Gasteiger charge is 2.29. The van der Waals surface area contributed by atoms with Gasteiger partial charge in [0.15, 0.2) is 17.2 Å². The summed E-state index contributed by atoms with van der Waals surface area (Å²) in [6.45, 7) is 4.16. The second-order valence-corrected chi connectivity index (χ2v) is 9.55. The third-order valence-corrected chi connectivity index (χ3v) is 7.40. The van der Waals surface area contributed by atoms with Crippen molar-refractivity contribution in [1.82, 2.24) is 9.80 Å². The number of halogens is 1. The predicted molar refractivity (Wildman–Crippen MR) is 133 cm³/mol. The first-order valence-electron chi connectivity index (χ1n) is 11.3. The number of hydrogen-bond donors (Lipinski definition) is 2. The molecular weight excluding hydrogens is 512 g/mol. The van der Waals surface area contributed by atoms with Gasteiger partial charge in [-0.05, 0) is 37.0 Å². The molecule has 0 aliphatic carbocycles. The van der Waals surface area contributed by atoms with Crippen LogP contribution in [0, 0.1) is 0 Å². The van der Waals surface area contributed by atoms with Crippen LogP contribution in [0.25, 0.3) is 10.4 Å². The summed E-state index contributed by atoms with van der Waals surface area (Å²) in [7, 11) is 0. The minimum absolute atomic E-state index is 0.0190. The van der Waals surface area contributed by atoms with E-state index in [-0.39, 0.29) is 33.7 Å². The molecule has 1 aliphatic rings. The second kappa shape index (κ2) is 12.1. The molecule has 0 spiro atoms. The third kappa shape index (κ3) is 6.46. The number of carbonyl (C=O) groups excluding carboxylic acids is 2. The van der Waals surface area contributed by atoms with Crippen molar-refractivity contribution >= 4 is 46.9 Å². The van der Waals surface area contributed by atoms with Crippen molar-refractivity contribution in [2.75, 3.05) is 26.3 Å². The molecule has 12 heteroatoms. The van der Waals surface area contributed by atoms with E-state index >= 15 is 0 Å². The Morgan fingerprint density at radius 1 is 1.19 bits per heavy atom. The fourth-order valence-corrected chi connectivity index (χ4v) is 5.47. The highest BCUT2D eigenvalue weighted by atomic mass is 35.5. The number of aromatic carboxylic acids is 1. The normalized spacial score (nSPS) is 13.8. The van der Waals surface area contributed by atoms with Crippen molar-refractivity contribution in [2.24, 2.45) is 0 Å². The van der Waals surface area contributed by atoms with E-state index in [1.54, 1.807) is 28.9 Å². The molecule has 10 nitrogen and oxygen atoms in total. The number of aliphatic carboxylic acids is 1. The van der Waals surface area contributed by atoms with Gasteiger partial charge in [-0.15, -0.1) is 11.3 Å². The number of piperidine rings is 1. The Bertz CT molecular complexity index is 1140. The topological polar surface area (TPSA) is 134 Å². The van der Waals surface area contributed by atoms with Gasteiger partial charge in [0.1, 0.15) is 5.02 Å². The number of likely N-dealkylation sites (tertiary alicyclic amines) is 1. The summed E-state index contributed by atoms with van der Waals surface area (Å²) in [5.41, 5.74) is 1.43. The van der Waals surface area contributed by atoms with Crippen LogP contribution in [0.1, 0.15) is 41.9 Å². The molecule has 1 aliphatic heterocycles. The Balaban J connectivity index is 1.80. The van der Waals surface area contributed by atoms with E-state index in [2.05, 4.69) is 0 Å². The summed E-state index contributed by atoms with van der Waals surface area (Å²) in [5, 5.41) is 18.4. The number of nitrogens with zero attached hydrogens (tertiary/aromatic N) is 2. The summed E-state index contributed by atoms with van der Waals surface area (Å²) < 4.78 is 10.2. The van der Waals surface area contributed by atoms with Gasteiger partial charge in [0.05, 0.1) is 11.5 Å². The lowest BCUT2D eigenvalue weighted by Gasteiger charge is -2.37. The molecule has 194 valence electrons. The van der Waals surface area contributed by atoms with E-state index in [1.165, 1.54) is 6.92 Å². The minimum Gasteiger partial charge on any atom is -0.479 e. The second-order valence-electron chi connectivity index (χ2n) is 8.16. The molecule has 0 saturated carbocycles. The molecule has 2 heterocycles. The molecule has 1 aromatic heterocycles. The van der Waals surface area contributed by atoms with Crippen molar-refractivity contribution < 1.29 is 38.9 Å². The van der Waals surface area contributed by atoms with Crippen LogP contribution in [0.2, 0.25) is 5.02 Å². The minimum atomic E-state index is -1.28. The maximum atomic E-state index is 12.5. The standard InChI is InChI=1S/C24H27ClN2O8S/c1-3-34-24(33)26-9-7-17(8-10-26)27(14(2)28)12-15-5-4-6-16(11-15)21-19(25)20(35-13-18(29)30)22(36-21)23(31)32/h4-6,11,17H,3,7-10,12-13H2,1-2H3,(H,29,30)(H,31,32). The Hall–Kier alpha value is -3.31. The number of amides is 2. The molecule has 2 amide bonds. The van der Waals surface area contributed by atoms with Crippen LogP contribution in [0.3, 0.4) is 0 Å². The van der Waals surface area contributed by atoms with Gasteiger partial charge in [-0.3, -0.25) is 4.79 Å². The van der Waals surface area contributed by atoms with E-state index in [4.69, 9.17) is 26.2 Å². The summed E-state index contributed by atoms with van der Waals surface area (Å²) in [6, 6.07) is 7.16. The number of rotatable bonds is 9. The molecule has 0 unspecified atom stereocenters. The molecule has 1 aromatic carbocycles. The zero-order chi connectivity index (χ0) is 26.4. The first-order chi connectivity index (χ1) is 17.1. The molecule has 2 aromatic rings. The van der Waals surface area contributed by atoms with Crippen molar-refractivity contribution in [3.8, 4) is 16.2 Å². The van der Waals surface area contributed by atoms with Crippen molar-refractivity contribution in [3.05, 3.63) is 39.7 Å². The van der Waals surface area contributed by atoms with Gasteiger partial charge in [-0.2, -0.15) is 0 Å². The molecule has 3 rings (SSSR count). The lowest BCUT2D eigenvalue weighted by atomic mass is 10.0. The molecule has 2 N–H and O–H groups in total. The molecular formula is C24H27ClN2O8S. The lowest BCUT2D eigenvalue weighted by Crippen LogP contribution is -2.48. The Labute approximate surface area is 217 Å². The maximum Gasteiger partial charge on any atom is 0.409 e. The van der Waals surface area contributed by atoms with Crippen LogP contribution in [-0.2, 0) is 20.9 Å². The van der Waals surface area contributed by atoms with Crippen LogP contribution < -0.4 is 4.74 Å². The molecule has 0 radical (unpaired) electrons. The van der Waals surface area contributed by atoms with Crippen LogP contribution in [0.4, 0.5) is 4.79 Å². The van der Waals surface area contributed by atoms with E-state index in [9.17, 15) is 24.3 Å². The zero-order valence-corrected chi connectivity index (χ0v) is 21.4. The van der Waals surface area contributed by atoms with E-state index < -0.39 is 18.5 Å². The predicted octanol–water partition coefficient (Wildman–Crippen LogP) is 4.20. The smallest absolute Gasteiger partial charge is 0.409 e. The van der Waals surface area contributed by atoms with Gasteiger partial charge in [-0.25, -0.2) is 14.4 Å². The number of hydrogen-bond acceptors (Lipinski definition) is 7. The fourth-order valence-electron chi connectivity index (χ4n) is 4.07. The highest BCUT2D eigenvalue weighted by Crippen LogP contribution is 2.45. The SMILES string of the molecule is CCOC(=O)N1CCC(N(Cc2cccc(-c3sc(C(=O)O)c(OCC(=O)O)c3Cl)c2)C(C)=O)CC1. The Morgan fingerprint density at radius 3 is 2.47 bits per heavy atom. The fraction of sp³-hybridized carbons (Fsp3) is 0.417. The maximum absolute atomic E-state index is 12.5. The number of carboxylic acid groups (broad SMARTS) is 2. The monoisotopic (exact) mass is 538 g/mol. The number of ether oxygens (including phenoxy) is 2. The van der Waals surface area contributed by atoms with Crippen LogP contribution in [0.15, 0.2) is 24.3 Å². The quantitative estimate of drug-likeness (QED) is 0.485. The number of carbonyl (C=O) groups is 4. The van der Waals surface area contributed by atoms with Crippen molar-refractivity contribution in [3.63, 3.8) is 0 Å². The average Bonchev–Trinajstić information content (AvgIpc) is 3.18. The van der Waals surface area contributed by atoms with Crippen LogP contribution in [0.5, 0.6) is 5.75 Å². The average molecular weight is 539 g/mol. The lowest BCUT2D eigenvalue weighted by molar-refractivity contribution is -0.139. The molecule has 1 saturated heterocycles. The van der Waals surface area contributed by atoms with Gasteiger partial charge < -0.3 is 29.5 Å². The summed E-state index contributed by atoms with van der Waals surface area (Å²) in [6.07, 6.45) is 0.903. The van der Waals surface area contributed by atoms with Gasteiger partial charge >= 0.3 is 18.0 Å². The molecule has 36 heavy (non-hydrogen) atoms. The highest BCUT2D eigenvalue weighted by molar-refractivity contribution is 7.18. The van der Waals surface area contributed by atoms with E-state index in [1.807, 2.05) is 12.1 Å². The number of benzene rings is 1. The Morgan fingerprint density at radius 2 is 1.89 bits per heavy atom. The van der Waals surface area contributed by atoms with E-state index in [0.717, 1.165) is 16.9 Å². The van der Waals surface area contributed by atoms with Gasteiger partial charge in [-0.1, -0.05) is 29.8 Å². The third-order valence-electron chi connectivity index (χ3n) is 5.72. The van der Waals surface area contributed by atoms with Gasteiger partial charge in [0, 0.05) is 32.6 Å². The molecule has 0 atom stereocenters. The van der Waals surface area contributed by atoms with Crippen LogP contribution >= 0.6 is 22.9 Å². The molecule has 0 bridgehead atoms. The largest absolute Gasteiger partial charge is 0.479 e. The first-order valence-corrected chi connectivity index (χ1v) is 12.5. The zero-order valence-electron chi connectivity index (χ0n) is 19.9. The number of thiophene rings is 1. The molecule has 1 fully saturated rings. The summed E-state index contributed by atoms with van der Waals surface area (Å²) in [5.74, 6) is -2.81. The van der Waals surface area contributed by atoms with Crippen LogP contribution in [-0.4, -0.2) is 76.3 Å².